The SMILES string of the molecule is CC(COc1cc(F)c2c(c1)CC(CNCCC1CN(C3=CNCC=N3)C(=O)O1)=C2)OCc1ccccc1. The van der Waals surface area contributed by atoms with E-state index in [1.165, 1.54) is 6.07 Å². The summed E-state index contributed by atoms with van der Waals surface area (Å²) < 4.78 is 32.0. The molecule has 8 nitrogen and oxygen atoms in total. The zero-order valence-corrected chi connectivity index (χ0v) is 21.5. The Balaban J connectivity index is 1.03. The van der Waals surface area contributed by atoms with Crippen molar-refractivity contribution in [3.05, 3.63) is 82.6 Å². The van der Waals surface area contributed by atoms with Crippen molar-refractivity contribution in [2.24, 2.45) is 4.99 Å². The number of amides is 1. The van der Waals surface area contributed by atoms with Gasteiger partial charge < -0.3 is 24.8 Å². The number of ether oxygens (including phenoxy) is 3. The highest BCUT2D eigenvalue weighted by molar-refractivity contribution is 5.73. The summed E-state index contributed by atoms with van der Waals surface area (Å²) in [5.74, 6) is 0.807. The lowest BCUT2D eigenvalue weighted by atomic mass is 10.1. The molecule has 0 saturated carbocycles. The first-order chi connectivity index (χ1) is 18.5. The molecule has 2 N–H and O–H groups in total. The molecular formula is C29H33FN4O4. The van der Waals surface area contributed by atoms with E-state index in [1.807, 2.05) is 49.4 Å². The van der Waals surface area contributed by atoms with Crippen LogP contribution < -0.4 is 15.4 Å². The van der Waals surface area contributed by atoms with Crippen molar-refractivity contribution in [3.63, 3.8) is 0 Å². The Morgan fingerprint density at radius 1 is 1.29 bits per heavy atom. The smallest absolute Gasteiger partial charge is 0.415 e. The summed E-state index contributed by atoms with van der Waals surface area (Å²) in [6.07, 6.45) is 6.02. The van der Waals surface area contributed by atoms with Crippen molar-refractivity contribution in [2.75, 3.05) is 32.8 Å². The zero-order valence-electron chi connectivity index (χ0n) is 21.5. The number of carbonyl (C=O) groups is 1. The number of hydrogen-bond donors (Lipinski definition) is 2. The average molecular weight is 521 g/mol. The molecule has 2 unspecified atom stereocenters. The van der Waals surface area contributed by atoms with E-state index in [9.17, 15) is 9.18 Å². The first-order valence-corrected chi connectivity index (χ1v) is 13.0. The van der Waals surface area contributed by atoms with Crippen LogP contribution in [0.15, 0.2) is 65.1 Å². The fraction of sp³-hybridized carbons (Fsp3) is 0.379. The van der Waals surface area contributed by atoms with Crippen molar-refractivity contribution < 1.29 is 23.4 Å². The Morgan fingerprint density at radius 2 is 2.16 bits per heavy atom. The van der Waals surface area contributed by atoms with E-state index < -0.39 is 0 Å². The molecule has 5 rings (SSSR count). The van der Waals surface area contributed by atoms with E-state index in [0.717, 1.165) is 16.7 Å². The van der Waals surface area contributed by atoms with Gasteiger partial charge in [-0.25, -0.2) is 14.2 Å². The van der Waals surface area contributed by atoms with E-state index in [4.69, 9.17) is 14.2 Å². The van der Waals surface area contributed by atoms with Crippen LogP contribution in [-0.2, 0) is 22.5 Å². The molecule has 3 aliphatic rings. The van der Waals surface area contributed by atoms with Crippen LogP contribution in [0, 0.1) is 5.82 Å². The summed E-state index contributed by atoms with van der Waals surface area (Å²) in [5, 5.41) is 6.44. The summed E-state index contributed by atoms with van der Waals surface area (Å²) in [4.78, 5) is 18.0. The van der Waals surface area contributed by atoms with Crippen LogP contribution in [0.25, 0.3) is 6.08 Å². The number of hydrogen-bond acceptors (Lipinski definition) is 7. The maximum absolute atomic E-state index is 14.8. The van der Waals surface area contributed by atoms with Crippen LogP contribution >= 0.6 is 0 Å². The highest BCUT2D eigenvalue weighted by atomic mass is 19.1. The standard InChI is InChI=1S/C29H33FN4O4/c1-20(36-19-21-5-3-2-4-6-21)18-37-25-13-23-11-22(12-26(23)27(30)14-25)15-31-8-7-24-17-34(29(35)38-24)28-16-32-9-10-33-28/h2-6,10,12-14,16,20,24,31-32H,7-9,11,15,17-19H2,1H3. The van der Waals surface area contributed by atoms with Gasteiger partial charge in [-0.2, -0.15) is 0 Å². The lowest BCUT2D eigenvalue weighted by Gasteiger charge is -2.16. The lowest BCUT2D eigenvalue weighted by molar-refractivity contribution is 0.0213. The number of rotatable bonds is 12. The highest BCUT2D eigenvalue weighted by Crippen LogP contribution is 2.31. The molecule has 1 aliphatic carbocycles. The molecule has 9 heteroatoms. The van der Waals surface area contributed by atoms with Crippen molar-refractivity contribution in [2.45, 2.75) is 38.6 Å². The van der Waals surface area contributed by atoms with Gasteiger partial charge in [0.1, 0.15) is 24.3 Å². The van der Waals surface area contributed by atoms with Crippen LogP contribution in [0.5, 0.6) is 5.75 Å². The molecule has 38 heavy (non-hydrogen) atoms. The van der Waals surface area contributed by atoms with Gasteiger partial charge in [0.05, 0.1) is 19.3 Å². The number of nitrogens with zero attached hydrogens (tertiary/aromatic N) is 2. The Kier molecular flexibility index (Phi) is 8.35. The molecule has 0 bridgehead atoms. The summed E-state index contributed by atoms with van der Waals surface area (Å²) in [5.41, 5.74) is 3.75. The zero-order chi connectivity index (χ0) is 26.3. The number of aliphatic imine (C=N–C) groups is 1. The fourth-order valence-electron chi connectivity index (χ4n) is 4.62. The number of nitrogens with one attached hydrogen (secondary N) is 2. The Hall–Kier alpha value is -3.69. The van der Waals surface area contributed by atoms with Gasteiger partial charge in [-0.15, -0.1) is 0 Å². The number of fused-ring (bicyclic) bond motifs is 1. The minimum atomic E-state index is -0.373. The van der Waals surface area contributed by atoms with Crippen LogP contribution in [0.2, 0.25) is 0 Å². The largest absolute Gasteiger partial charge is 0.491 e. The van der Waals surface area contributed by atoms with Gasteiger partial charge >= 0.3 is 6.09 Å². The van der Waals surface area contributed by atoms with Gasteiger partial charge in [0.2, 0.25) is 0 Å². The highest BCUT2D eigenvalue weighted by Gasteiger charge is 2.33. The molecule has 200 valence electrons. The van der Waals surface area contributed by atoms with E-state index in [2.05, 4.69) is 15.6 Å². The second-order valence-electron chi connectivity index (χ2n) is 9.68. The second-order valence-corrected chi connectivity index (χ2v) is 9.68. The summed E-state index contributed by atoms with van der Waals surface area (Å²) in [6, 6.07) is 13.3. The summed E-state index contributed by atoms with van der Waals surface area (Å²) in [7, 11) is 0. The summed E-state index contributed by atoms with van der Waals surface area (Å²) >= 11 is 0. The molecule has 0 aromatic heterocycles. The first-order valence-electron chi connectivity index (χ1n) is 13.0. The van der Waals surface area contributed by atoms with Crippen molar-refractivity contribution in [3.8, 4) is 5.75 Å². The van der Waals surface area contributed by atoms with E-state index in [-0.39, 0.29) is 24.1 Å². The predicted octanol–water partition coefficient (Wildman–Crippen LogP) is 4.02. The number of benzene rings is 2. The van der Waals surface area contributed by atoms with Gasteiger partial charge in [-0.1, -0.05) is 42.0 Å². The normalized spacial score (nSPS) is 18.9. The van der Waals surface area contributed by atoms with Crippen LogP contribution in [0.4, 0.5) is 9.18 Å². The van der Waals surface area contributed by atoms with Crippen molar-refractivity contribution in [1.29, 1.82) is 0 Å². The molecule has 2 aliphatic heterocycles. The Morgan fingerprint density at radius 3 is 2.97 bits per heavy atom. The average Bonchev–Trinajstić information content (AvgIpc) is 3.53. The molecular weight excluding hydrogens is 487 g/mol. The van der Waals surface area contributed by atoms with Crippen LogP contribution in [0.3, 0.4) is 0 Å². The second kappa shape index (κ2) is 12.2. The van der Waals surface area contributed by atoms with Gasteiger partial charge in [0.15, 0.2) is 5.82 Å². The van der Waals surface area contributed by atoms with Gasteiger partial charge in [-0.05, 0) is 43.5 Å². The first kappa shape index (κ1) is 25.9. The fourth-order valence-corrected chi connectivity index (χ4v) is 4.62. The van der Waals surface area contributed by atoms with Crippen LogP contribution in [-0.4, -0.2) is 62.2 Å². The topological polar surface area (TPSA) is 84.4 Å². The maximum atomic E-state index is 14.8. The number of cyclic esters (lactones) is 1. The molecule has 1 amide bonds. The minimum absolute atomic E-state index is 0.126. The van der Waals surface area contributed by atoms with E-state index in [0.29, 0.717) is 69.4 Å². The summed E-state index contributed by atoms with van der Waals surface area (Å²) in [6.45, 7) is 5.24. The molecule has 2 aromatic carbocycles. The number of halogens is 1. The Labute approximate surface area is 222 Å². The van der Waals surface area contributed by atoms with Crippen molar-refractivity contribution >= 4 is 18.4 Å². The predicted molar refractivity (Wildman–Crippen MR) is 143 cm³/mol. The van der Waals surface area contributed by atoms with Gasteiger partial charge in [-0.3, -0.25) is 4.90 Å². The van der Waals surface area contributed by atoms with E-state index in [1.54, 1.807) is 17.3 Å². The minimum Gasteiger partial charge on any atom is -0.491 e. The molecule has 2 aromatic rings. The number of carbonyl (C=O) groups excluding carboxylic acids is 1. The lowest BCUT2D eigenvalue weighted by Crippen LogP contribution is -2.29. The third-order valence-corrected chi connectivity index (χ3v) is 6.63. The maximum Gasteiger partial charge on any atom is 0.415 e. The molecule has 1 fully saturated rings. The van der Waals surface area contributed by atoms with Gasteiger partial charge in [0.25, 0.3) is 0 Å². The third kappa shape index (κ3) is 6.59. The quantitative estimate of drug-likeness (QED) is 0.412. The van der Waals surface area contributed by atoms with E-state index >= 15 is 0 Å². The molecule has 0 spiro atoms. The molecule has 1 saturated heterocycles. The van der Waals surface area contributed by atoms with Crippen LogP contribution in [0.1, 0.15) is 30.0 Å². The third-order valence-electron chi connectivity index (χ3n) is 6.63. The Bertz CT molecular complexity index is 1230. The molecule has 0 radical (unpaired) electrons. The van der Waals surface area contributed by atoms with Gasteiger partial charge in [0, 0.05) is 37.1 Å². The van der Waals surface area contributed by atoms with Crippen molar-refractivity contribution in [1.82, 2.24) is 15.5 Å². The monoisotopic (exact) mass is 520 g/mol. The molecule has 2 heterocycles. The molecule has 2 atom stereocenters.